The van der Waals surface area contributed by atoms with Crippen molar-refractivity contribution in [3.05, 3.63) is 0 Å². The van der Waals surface area contributed by atoms with E-state index in [4.69, 9.17) is 0 Å². The fraction of sp³-hybridized carbons (Fsp3) is 0.909. The molecule has 2 unspecified atom stereocenters. The Kier molecular flexibility index (Phi) is 4.11. The summed E-state index contributed by atoms with van der Waals surface area (Å²) in [7, 11) is 0. The maximum atomic E-state index is 11.5. The quantitative estimate of drug-likeness (QED) is 0.590. The van der Waals surface area contributed by atoms with Gasteiger partial charge in [-0.15, -0.1) is 0 Å². The Morgan fingerprint density at radius 3 is 2.47 bits per heavy atom. The molecule has 1 rings (SSSR count). The van der Waals surface area contributed by atoms with Gasteiger partial charge in [0.2, 0.25) is 0 Å². The van der Waals surface area contributed by atoms with Crippen LogP contribution >= 0.6 is 0 Å². The summed E-state index contributed by atoms with van der Waals surface area (Å²) < 4.78 is 0. The summed E-state index contributed by atoms with van der Waals surface area (Å²) in [6.45, 7) is 2.90. The first kappa shape index (κ1) is 12.5. The van der Waals surface area contributed by atoms with E-state index in [1.54, 1.807) is 0 Å². The molecule has 4 nitrogen and oxygen atoms in total. The van der Waals surface area contributed by atoms with Gasteiger partial charge in [-0.1, -0.05) is 19.3 Å². The van der Waals surface area contributed by atoms with Gasteiger partial charge in [0, 0.05) is 0 Å². The Morgan fingerprint density at radius 2 is 1.87 bits per heavy atom. The van der Waals surface area contributed by atoms with Crippen LogP contribution in [0.15, 0.2) is 0 Å². The van der Waals surface area contributed by atoms with E-state index in [1.165, 1.54) is 13.8 Å². The van der Waals surface area contributed by atoms with E-state index >= 15 is 0 Å². The second kappa shape index (κ2) is 4.94. The molecule has 0 aromatic heterocycles. The number of amides is 1. The molecule has 15 heavy (non-hydrogen) atoms. The van der Waals surface area contributed by atoms with Gasteiger partial charge < -0.3 is 15.5 Å². The molecule has 3 N–H and O–H groups in total. The standard InChI is InChI=1S/C11H21NO3/c1-11(2,15)10(14)12-8-6-4-3-5-7-9(8)13/h8-9,13,15H,3-7H2,1-2H3,(H,12,14). The maximum Gasteiger partial charge on any atom is 0.251 e. The van der Waals surface area contributed by atoms with Crippen LogP contribution in [0.1, 0.15) is 46.0 Å². The molecule has 1 fully saturated rings. The fourth-order valence-electron chi connectivity index (χ4n) is 1.80. The average molecular weight is 215 g/mol. The number of nitrogens with one attached hydrogen (secondary N) is 1. The molecule has 1 aliphatic rings. The van der Waals surface area contributed by atoms with Crippen molar-refractivity contribution in [2.24, 2.45) is 0 Å². The van der Waals surface area contributed by atoms with E-state index in [2.05, 4.69) is 5.32 Å². The molecule has 1 amide bonds. The molecule has 2 atom stereocenters. The first-order valence-electron chi connectivity index (χ1n) is 5.62. The summed E-state index contributed by atoms with van der Waals surface area (Å²) in [5, 5.41) is 22.0. The van der Waals surface area contributed by atoms with Crippen LogP contribution in [-0.4, -0.2) is 33.9 Å². The zero-order chi connectivity index (χ0) is 11.5. The van der Waals surface area contributed by atoms with Crippen LogP contribution in [-0.2, 0) is 4.79 Å². The Bertz CT molecular complexity index is 222. The summed E-state index contributed by atoms with van der Waals surface area (Å²) in [6.07, 6.45) is 4.19. The summed E-state index contributed by atoms with van der Waals surface area (Å²) in [6, 6.07) is -0.202. The smallest absolute Gasteiger partial charge is 0.251 e. The minimum absolute atomic E-state index is 0.202. The third-order valence-electron chi connectivity index (χ3n) is 2.85. The van der Waals surface area contributed by atoms with Crippen molar-refractivity contribution in [2.45, 2.75) is 63.7 Å². The topological polar surface area (TPSA) is 69.6 Å². The number of carbonyl (C=O) groups is 1. The number of aliphatic hydroxyl groups is 2. The Balaban J connectivity index is 2.52. The molecule has 0 aromatic carbocycles. The van der Waals surface area contributed by atoms with Gasteiger partial charge in [0.05, 0.1) is 12.1 Å². The normalized spacial score (nSPS) is 28.3. The van der Waals surface area contributed by atoms with Crippen molar-refractivity contribution in [3.63, 3.8) is 0 Å². The Morgan fingerprint density at radius 1 is 1.27 bits per heavy atom. The van der Waals surface area contributed by atoms with Crippen LogP contribution in [0.4, 0.5) is 0 Å². The van der Waals surface area contributed by atoms with Gasteiger partial charge in [-0.05, 0) is 26.7 Å². The lowest BCUT2D eigenvalue weighted by atomic mass is 10.0. The molecule has 0 aliphatic heterocycles. The van der Waals surface area contributed by atoms with E-state index < -0.39 is 17.6 Å². The van der Waals surface area contributed by atoms with Gasteiger partial charge in [0.15, 0.2) is 0 Å². The third kappa shape index (κ3) is 3.80. The first-order chi connectivity index (χ1) is 6.91. The van der Waals surface area contributed by atoms with Gasteiger partial charge >= 0.3 is 0 Å². The van der Waals surface area contributed by atoms with Gasteiger partial charge in [0.25, 0.3) is 5.91 Å². The van der Waals surface area contributed by atoms with E-state index in [0.717, 1.165) is 32.1 Å². The van der Waals surface area contributed by atoms with Crippen molar-refractivity contribution in [2.75, 3.05) is 0 Å². The minimum Gasteiger partial charge on any atom is -0.391 e. The van der Waals surface area contributed by atoms with E-state index in [-0.39, 0.29) is 6.04 Å². The molecule has 4 heteroatoms. The molecule has 0 heterocycles. The van der Waals surface area contributed by atoms with Crippen LogP contribution in [0.3, 0.4) is 0 Å². The van der Waals surface area contributed by atoms with Crippen molar-refractivity contribution < 1.29 is 15.0 Å². The predicted molar refractivity (Wildman–Crippen MR) is 57.3 cm³/mol. The van der Waals surface area contributed by atoms with E-state index in [1.807, 2.05) is 0 Å². The highest BCUT2D eigenvalue weighted by atomic mass is 16.3. The number of rotatable bonds is 2. The van der Waals surface area contributed by atoms with Crippen LogP contribution < -0.4 is 5.32 Å². The number of hydrogen-bond donors (Lipinski definition) is 3. The van der Waals surface area contributed by atoms with E-state index in [0.29, 0.717) is 0 Å². The second-order valence-electron chi connectivity index (χ2n) is 4.84. The van der Waals surface area contributed by atoms with Crippen molar-refractivity contribution in [1.82, 2.24) is 5.32 Å². The highest BCUT2D eigenvalue weighted by Crippen LogP contribution is 2.18. The zero-order valence-corrected chi connectivity index (χ0v) is 9.49. The van der Waals surface area contributed by atoms with Crippen LogP contribution in [0.5, 0.6) is 0 Å². The van der Waals surface area contributed by atoms with Gasteiger partial charge in [-0.2, -0.15) is 0 Å². The average Bonchev–Trinajstić information content (AvgIpc) is 2.30. The Hall–Kier alpha value is -0.610. The van der Waals surface area contributed by atoms with Crippen LogP contribution in [0.2, 0.25) is 0 Å². The van der Waals surface area contributed by atoms with Crippen molar-refractivity contribution in [3.8, 4) is 0 Å². The molecule has 1 saturated carbocycles. The SMILES string of the molecule is CC(C)(O)C(=O)NC1CCCCCC1O. The molecule has 1 aliphatic carbocycles. The zero-order valence-electron chi connectivity index (χ0n) is 9.49. The lowest BCUT2D eigenvalue weighted by Crippen LogP contribution is -2.50. The molecule has 0 radical (unpaired) electrons. The van der Waals surface area contributed by atoms with Crippen LogP contribution in [0, 0.1) is 0 Å². The monoisotopic (exact) mass is 215 g/mol. The molecule has 0 saturated heterocycles. The summed E-state index contributed by atoms with van der Waals surface area (Å²) >= 11 is 0. The van der Waals surface area contributed by atoms with Crippen molar-refractivity contribution in [1.29, 1.82) is 0 Å². The number of aliphatic hydroxyl groups excluding tert-OH is 1. The molecule has 88 valence electrons. The fourth-order valence-corrected chi connectivity index (χ4v) is 1.80. The highest BCUT2D eigenvalue weighted by Gasteiger charge is 2.29. The van der Waals surface area contributed by atoms with Gasteiger partial charge in [-0.3, -0.25) is 4.79 Å². The summed E-state index contributed by atoms with van der Waals surface area (Å²) in [5.74, 6) is -0.409. The first-order valence-corrected chi connectivity index (χ1v) is 5.62. The summed E-state index contributed by atoms with van der Waals surface area (Å²) in [4.78, 5) is 11.5. The molecule has 0 aromatic rings. The predicted octanol–water partition coefficient (Wildman–Crippen LogP) is 0.567. The molecular formula is C11H21NO3. The molecule has 0 spiro atoms. The second-order valence-corrected chi connectivity index (χ2v) is 4.84. The molecular weight excluding hydrogens is 194 g/mol. The van der Waals surface area contributed by atoms with Crippen molar-refractivity contribution >= 4 is 5.91 Å². The Labute approximate surface area is 90.7 Å². The van der Waals surface area contributed by atoms with Gasteiger partial charge in [-0.25, -0.2) is 0 Å². The van der Waals surface area contributed by atoms with Crippen LogP contribution in [0.25, 0.3) is 0 Å². The lowest BCUT2D eigenvalue weighted by molar-refractivity contribution is -0.138. The minimum atomic E-state index is -1.37. The number of carbonyl (C=O) groups excluding carboxylic acids is 1. The number of hydrogen-bond acceptors (Lipinski definition) is 3. The highest BCUT2D eigenvalue weighted by molar-refractivity contribution is 5.84. The lowest BCUT2D eigenvalue weighted by Gasteiger charge is -2.25. The maximum absolute atomic E-state index is 11.5. The van der Waals surface area contributed by atoms with E-state index in [9.17, 15) is 15.0 Å². The summed E-state index contributed by atoms with van der Waals surface area (Å²) in [5.41, 5.74) is -1.37. The largest absolute Gasteiger partial charge is 0.391 e. The van der Waals surface area contributed by atoms with Gasteiger partial charge in [0.1, 0.15) is 5.60 Å². The third-order valence-corrected chi connectivity index (χ3v) is 2.85. The molecule has 0 bridgehead atoms.